The predicted molar refractivity (Wildman–Crippen MR) is 129 cm³/mol. The first-order valence-electron chi connectivity index (χ1n) is 11.2. The SMILES string of the molecule is CN(C(=O)c1cc(CN2C(=O)N(c3ccc(OC(F)(F)F)cc3)C(=O)C2(C)C)ccn1)c1ccccc1. The molecule has 0 bridgehead atoms. The molecule has 1 saturated heterocycles. The Balaban J connectivity index is 1.55. The van der Waals surface area contributed by atoms with Crippen molar-refractivity contribution in [3.63, 3.8) is 0 Å². The second-order valence-corrected chi connectivity index (χ2v) is 8.86. The van der Waals surface area contributed by atoms with Gasteiger partial charge in [0.15, 0.2) is 0 Å². The highest BCUT2D eigenvalue weighted by Crippen LogP contribution is 2.34. The Morgan fingerprint density at radius 3 is 2.30 bits per heavy atom. The fraction of sp³-hybridized carbons (Fsp3) is 0.231. The molecule has 8 nitrogen and oxygen atoms in total. The van der Waals surface area contributed by atoms with Crippen molar-refractivity contribution in [3.05, 3.63) is 84.2 Å². The number of hydrogen-bond donors (Lipinski definition) is 0. The van der Waals surface area contributed by atoms with E-state index < -0.39 is 29.6 Å². The summed E-state index contributed by atoms with van der Waals surface area (Å²) >= 11 is 0. The van der Waals surface area contributed by atoms with Gasteiger partial charge in [-0.3, -0.25) is 14.6 Å². The van der Waals surface area contributed by atoms with Crippen molar-refractivity contribution in [1.29, 1.82) is 0 Å². The molecule has 4 amide bonds. The molecule has 1 aromatic heterocycles. The Morgan fingerprint density at radius 2 is 1.68 bits per heavy atom. The van der Waals surface area contributed by atoms with Gasteiger partial charge in [-0.1, -0.05) is 18.2 Å². The summed E-state index contributed by atoms with van der Waals surface area (Å²) in [5.41, 5.74) is 0.271. The first kappa shape index (κ1) is 25.7. The third-order valence-electron chi connectivity index (χ3n) is 5.98. The minimum absolute atomic E-state index is 0.00118. The maximum absolute atomic E-state index is 13.3. The van der Waals surface area contributed by atoms with E-state index in [0.717, 1.165) is 17.0 Å². The maximum atomic E-state index is 13.3. The molecular formula is C26H23F3N4O4. The second kappa shape index (κ2) is 9.57. The lowest BCUT2D eigenvalue weighted by atomic mass is 10.0. The number of amides is 4. The van der Waals surface area contributed by atoms with E-state index in [2.05, 4.69) is 9.72 Å². The molecule has 1 fully saturated rings. The standard InChI is InChI=1S/C26H23F3N4O4/c1-25(2)23(35)33(19-9-11-20(12-10-19)37-26(27,28)29)24(36)32(25)16-17-13-14-30-21(15-17)22(34)31(3)18-7-5-4-6-8-18/h4-15H,16H2,1-3H3. The molecule has 0 unspecified atom stereocenters. The Morgan fingerprint density at radius 1 is 1.03 bits per heavy atom. The normalized spacial score (nSPS) is 15.2. The number of anilines is 2. The molecule has 2 heterocycles. The molecule has 4 rings (SSSR count). The molecule has 0 N–H and O–H groups in total. The number of para-hydroxylation sites is 1. The zero-order chi connectivity index (χ0) is 27.0. The van der Waals surface area contributed by atoms with Crippen LogP contribution in [0.5, 0.6) is 5.75 Å². The summed E-state index contributed by atoms with van der Waals surface area (Å²) in [6, 6.07) is 16.1. The average molecular weight is 512 g/mol. The van der Waals surface area contributed by atoms with Gasteiger partial charge < -0.3 is 14.5 Å². The number of carbonyl (C=O) groups excluding carboxylic acids is 3. The van der Waals surface area contributed by atoms with Crippen molar-refractivity contribution in [2.75, 3.05) is 16.8 Å². The summed E-state index contributed by atoms with van der Waals surface area (Å²) in [6.07, 6.45) is -3.41. The molecule has 192 valence electrons. The van der Waals surface area contributed by atoms with Crippen LogP contribution in [0.25, 0.3) is 0 Å². The first-order chi connectivity index (χ1) is 17.4. The summed E-state index contributed by atoms with van der Waals surface area (Å²) in [5, 5.41) is 0. The van der Waals surface area contributed by atoms with Gasteiger partial charge in [-0.25, -0.2) is 9.69 Å². The number of rotatable bonds is 6. The third-order valence-corrected chi connectivity index (χ3v) is 5.98. The van der Waals surface area contributed by atoms with Crippen LogP contribution in [-0.4, -0.2) is 46.7 Å². The number of carbonyl (C=O) groups is 3. The number of nitrogens with zero attached hydrogens (tertiary/aromatic N) is 4. The maximum Gasteiger partial charge on any atom is 0.573 e. The van der Waals surface area contributed by atoms with Gasteiger partial charge in [0.1, 0.15) is 17.0 Å². The average Bonchev–Trinajstić information content (AvgIpc) is 3.02. The van der Waals surface area contributed by atoms with E-state index in [9.17, 15) is 27.6 Å². The van der Waals surface area contributed by atoms with Crippen LogP contribution in [0.15, 0.2) is 72.9 Å². The van der Waals surface area contributed by atoms with Crippen molar-refractivity contribution in [2.45, 2.75) is 32.3 Å². The van der Waals surface area contributed by atoms with E-state index in [-0.39, 0.29) is 23.8 Å². The molecule has 3 aromatic rings. The van der Waals surface area contributed by atoms with Crippen LogP contribution in [0, 0.1) is 0 Å². The summed E-state index contributed by atoms with van der Waals surface area (Å²) < 4.78 is 41.2. The number of hydrogen-bond acceptors (Lipinski definition) is 5. The van der Waals surface area contributed by atoms with Crippen molar-refractivity contribution in [3.8, 4) is 5.75 Å². The smallest absolute Gasteiger partial charge is 0.406 e. The minimum atomic E-state index is -4.86. The molecule has 1 aliphatic rings. The molecule has 0 radical (unpaired) electrons. The van der Waals surface area contributed by atoms with Gasteiger partial charge in [0.05, 0.1) is 5.69 Å². The molecule has 37 heavy (non-hydrogen) atoms. The lowest BCUT2D eigenvalue weighted by molar-refractivity contribution is -0.274. The van der Waals surface area contributed by atoms with Crippen molar-refractivity contribution in [1.82, 2.24) is 9.88 Å². The highest BCUT2D eigenvalue weighted by molar-refractivity contribution is 6.23. The number of benzene rings is 2. The molecule has 1 aliphatic heterocycles. The summed E-state index contributed by atoms with van der Waals surface area (Å²) in [4.78, 5) is 47.3. The van der Waals surface area contributed by atoms with Crippen LogP contribution >= 0.6 is 0 Å². The number of aromatic nitrogens is 1. The summed E-state index contributed by atoms with van der Waals surface area (Å²) in [6.45, 7) is 3.15. The highest BCUT2D eigenvalue weighted by Gasteiger charge is 2.51. The predicted octanol–water partition coefficient (Wildman–Crippen LogP) is 5.00. The molecular weight excluding hydrogens is 489 g/mol. The molecule has 0 saturated carbocycles. The van der Waals surface area contributed by atoms with E-state index >= 15 is 0 Å². The fourth-order valence-electron chi connectivity index (χ4n) is 3.94. The first-order valence-corrected chi connectivity index (χ1v) is 11.2. The molecule has 0 atom stereocenters. The quantitative estimate of drug-likeness (QED) is 0.434. The Hall–Kier alpha value is -4.41. The second-order valence-electron chi connectivity index (χ2n) is 8.86. The van der Waals surface area contributed by atoms with E-state index in [1.54, 1.807) is 45.2 Å². The Bertz CT molecular complexity index is 1330. The topological polar surface area (TPSA) is 83.0 Å². The van der Waals surface area contributed by atoms with Crippen LogP contribution in [0.1, 0.15) is 29.9 Å². The number of pyridine rings is 1. The van der Waals surface area contributed by atoms with Crippen LogP contribution in [-0.2, 0) is 11.3 Å². The molecule has 11 heteroatoms. The Labute approximate surface area is 210 Å². The highest BCUT2D eigenvalue weighted by atomic mass is 19.4. The number of alkyl halides is 3. The lowest BCUT2D eigenvalue weighted by Gasteiger charge is -2.27. The summed E-state index contributed by atoms with van der Waals surface area (Å²) in [5.74, 6) is -1.36. The van der Waals surface area contributed by atoms with Crippen molar-refractivity contribution >= 4 is 29.2 Å². The van der Waals surface area contributed by atoms with Gasteiger partial charge in [0, 0.05) is 25.5 Å². The number of halogens is 3. The minimum Gasteiger partial charge on any atom is -0.406 e. The van der Waals surface area contributed by atoms with E-state index in [4.69, 9.17) is 0 Å². The van der Waals surface area contributed by atoms with Gasteiger partial charge in [-0.15, -0.1) is 13.2 Å². The molecule has 2 aromatic carbocycles. The van der Waals surface area contributed by atoms with Crippen molar-refractivity contribution < 1.29 is 32.3 Å². The van der Waals surface area contributed by atoms with Gasteiger partial charge in [0.25, 0.3) is 11.8 Å². The number of urea groups is 1. The van der Waals surface area contributed by atoms with E-state index in [1.807, 2.05) is 18.2 Å². The monoisotopic (exact) mass is 512 g/mol. The number of imide groups is 1. The van der Waals surface area contributed by atoms with Crippen molar-refractivity contribution in [2.24, 2.45) is 0 Å². The molecule has 0 aliphatic carbocycles. The molecule has 0 spiro atoms. The van der Waals surface area contributed by atoms with Gasteiger partial charge in [0.2, 0.25) is 0 Å². The van der Waals surface area contributed by atoms with Crippen LogP contribution in [0.4, 0.5) is 29.3 Å². The zero-order valence-electron chi connectivity index (χ0n) is 20.2. The van der Waals surface area contributed by atoms with E-state index in [1.165, 1.54) is 28.1 Å². The van der Waals surface area contributed by atoms with Gasteiger partial charge in [-0.05, 0) is 67.9 Å². The largest absolute Gasteiger partial charge is 0.573 e. The summed E-state index contributed by atoms with van der Waals surface area (Å²) in [7, 11) is 1.63. The number of ether oxygens (including phenoxy) is 1. The van der Waals surface area contributed by atoms with E-state index in [0.29, 0.717) is 11.3 Å². The fourth-order valence-corrected chi connectivity index (χ4v) is 3.94. The van der Waals surface area contributed by atoms with Gasteiger partial charge in [-0.2, -0.15) is 0 Å². The Kier molecular flexibility index (Phi) is 6.64. The van der Waals surface area contributed by atoms with Crippen LogP contribution < -0.4 is 14.5 Å². The lowest BCUT2D eigenvalue weighted by Crippen LogP contribution is -2.43. The zero-order valence-corrected chi connectivity index (χ0v) is 20.2. The van der Waals surface area contributed by atoms with Crippen LogP contribution in [0.3, 0.4) is 0 Å². The van der Waals surface area contributed by atoms with Crippen LogP contribution in [0.2, 0.25) is 0 Å². The van der Waals surface area contributed by atoms with Gasteiger partial charge >= 0.3 is 12.4 Å². The third kappa shape index (κ3) is 5.25.